The van der Waals surface area contributed by atoms with Gasteiger partial charge in [0.25, 0.3) is 0 Å². The van der Waals surface area contributed by atoms with Gasteiger partial charge in [0.2, 0.25) is 0 Å². The van der Waals surface area contributed by atoms with Gasteiger partial charge in [-0.05, 0) is 45.6 Å². The fourth-order valence-corrected chi connectivity index (χ4v) is 3.03. The fraction of sp³-hybridized carbons (Fsp3) is 0.600. The molecule has 2 rings (SSSR count). The zero-order valence-corrected chi connectivity index (χ0v) is 14.2. The van der Waals surface area contributed by atoms with Gasteiger partial charge in [0.1, 0.15) is 5.15 Å². The summed E-state index contributed by atoms with van der Waals surface area (Å²) in [5.74, 6) is 0. The number of rotatable bonds is 5. The summed E-state index contributed by atoms with van der Waals surface area (Å²) in [6.07, 6.45) is 2.62. The third kappa shape index (κ3) is 3.30. The van der Waals surface area contributed by atoms with Crippen LogP contribution >= 0.6 is 11.6 Å². The minimum Gasteiger partial charge on any atom is -0.327 e. The highest BCUT2D eigenvalue weighted by Crippen LogP contribution is 2.21. The summed E-state index contributed by atoms with van der Waals surface area (Å²) in [6, 6.07) is 0.0735. The van der Waals surface area contributed by atoms with E-state index in [1.807, 2.05) is 25.7 Å². The van der Waals surface area contributed by atoms with Gasteiger partial charge in [-0.2, -0.15) is 10.2 Å². The van der Waals surface area contributed by atoms with Crippen LogP contribution in [0.25, 0.3) is 0 Å². The van der Waals surface area contributed by atoms with Crippen LogP contribution in [-0.2, 0) is 26.9 Å². The minimum atomic E-state index is 0.0735. The molecule has 6 heteroatoms. The summed E-state index contributed by atoms with van der Waals surface area (Å²) in [7, 11) is 3.83. The molecule has 2 aromatic heterocycles. The first kappa shape index (κ1) is 16.0. The van der Waals surface area contributed by atoms with E-state index in [0.29, 0.717) is 5.15 Å². The van der Waals surface area contributed by atoms with Crippen molar-refractivity contribution >= 4 is 11.6 Å². The molecule has 2 N–H and O–H groups in total. The molecule has 2 heterocycles. The fourth-order valence-electron chi connectivity index (χ4n) is 2.78. The van der Waals surface area contributed by atoms with E-state index in [1.54, 1.807) is 4.68 Å². The lowest BCUT2D eigenvalue weighted by atomic mass is 9.99. The van der Waals surface area contributed by atoms with E-state index in [1.165, 1.54) is 11.3 Å². The minimum absolute atomic E-state index is 0.0735. The molecule has 0 aliphatic carbocycles. The summed E-state index contributed by atoms with van der Waals surface area (Å²) in [6.45, 7) is 6.13. The molecule has 1 unspecified atom stereocenters. The van der Waals surface area contributed by atoms with E-state index < -0.39 is 0 Å². The number of nitrogens with two attached hydrogens (primary N) is 1. The predicted octanol–water partition coefficient (Wildman–Crippen LogP) is 2.23. The highest BCUT2D eigenvalue weighted by atomic mass is 35.5. The van der Waals surface area contributed by atoms with Crippen molar-refractivity contribution in [2.24, 2.45) is 19.8 Å². The molecule has 1 atom stereocenters. The van der Waals surface area contributed by atoms with Gasteiger partial charge in [0.15, 0.2) is 0 Å². The number of aryl methyl sites for hydroxylation is 4. The van der Waals surface area contributed by atoms with E-state index in [4.69, 9.17) is 17.3 Å². The Morgan fingerprint density at radius 3 is 2.10 bits per heavy atom. The first-order valence-electron chi connectivity index (χ1n) is 7.23. The van der Waals surface area contributed by atoms with Crippen molar-refractivity contribution in [3.63, 3.8) is 0 Å². The molecule has 2 aromatic rings. The molecule has 0 amide bonds. The summed E-state index contributed by atoms with van der Waals surface area (Å²) < 4.78 is 3.63. The quantitative estimate of drug-likeness (QED) is 0.921. The van der Waals surface area contributed by atoms with Crippen LogP contribution < -0.4 is 5.73 Å². The summed E-state index contributed by atoms with van der Waals surface area (Å²) in [5, 5.41) is 9.47. The van der Waals surface area contributed by atoms with Crippen molar-refractivity contribution in [1.29, 1.82) is 0 Å². The Morgan fingerprint density at radius 2 is 1.62 bits per heavy atom. The van der Waals surface area contributed by atoms with Crippen molar-refractivity contribution in [1.82, 2.24) is 19.6 Å². The first-order chi connectivity index (χ1) is 9.81. The Hall–Kier alpha value is -1.33. The van der Waals surface area contributed by atoms with E-state index in [-0.39, 0.29) is 6.04 Å². The lowest BCUT2D eigenvalue weighted by molar-refractivity contribution is 0.606. The van der Waals surface area contributed by atoms with Crippen LogP contribution in [0.1, 0.15) is 34.6 Å². The van der Waals surface area contributed by atoms with Crippen LogP contribution in [0, 0.1) is 20.8 Å². The molecule has 0 fully saturated rings. The SMILES string of the molecule is Cc1nn(C)c(C)c1CCC(N)Cc1c(C)nn(C)c1Cl. The third-order valence-electron chi connectivity index (χ3n) is 4.16. The maximum Gasteiger partial charge on any atom is 0.130 e. The Kier molecular flexibility index (Phi) is 4.74. The van der Waals surface area contributed by atoms with Gasteiger partial charge in [0.05, 0.1) is 11.4 Å². The van der Waals surface area contributed by atoms with Crippen molar-refractivity contribution in [2.75, 3.05) is 0 Å². The second-order valence-electron chi connectivity index (χ2n) is 5.75. The number of nitrogens with zero attached hydrogens (tertiary/aromatic N) is 4. The topological polar surface area (TPSA) is 61.7 Å². The predicted molar refractivity (Wildman–Crippen MR) is 85.6 cm³/mol. The van der Waals surface area contributed by atoms with Gasteiger partial charge in [-0.25, -0.2) is 0 Å². The molecule has 116 valence electrons. The Morgan fingerprint density at radius 1 is 1.05 bits per heavy atom. The second kappa shape index (κ2) is 6.20. The van der Waals surface area contributed by atoms with E-state index in [9.17, 15) is 0 Å². The van der Waals surface area contributed by atoms with E-state index >= 15 is 0 Å². The van der Waals surface area contributed by atoms with Crippen molar-refractivity contribution in [3.8, 4) is 0 Å². The number of hydrogen-bond donors (Lipinski definition) is 1. The van der Waals surface area contributed by atoms with Gasteiger partial charge in [0, 0.05) is 31.4 Å². The second-order valence-corrected chi connectivity index (χ2v) is 6.11. The molecule has 0 aliphatic rings. The van der Waals surface area contributed by atoms with Gasteiger partial charge < -0.3 is 5.73 Å². The molecule has 21 heavy (non-hydrogen) atoms. The average Bonchev–Trinajstić information content (AvgIpc) is 2.79. The van der Waals surface area contributed by atoms with Crippen LogP contribution in [-0.4, -0.2) is 25.6 Å². The summed E-state index contributed by atoms with van der Waals surface area (Å²) in [5.41, 5.74) is 11.9. The largest absolute Gasteiger partial charge is 0.327 e. The number of halogens is 1. The molecule has 0 bridgehead atoms. The number of aromatic nitrogens is 4. The van der Waals surface area contributed by atoms with Crippen molar-refractivity contribution in [3.05, 3.63) is 33.4 Å². The van der Waals surface area contributed by atoms with Gasteiger partial charge >= 0.3 is 0 Å². The highest BCUT2D eigenvalue weighted by molar-refractivity contribution is 6.30. The normalized spacial score (nSPS) is 12.9. The summed E-state index contributed by atoms with van der Waals surface area (Å²) >= 11 is 6.26. The molecule has 0 saturated carbocycles. The van der Waals surface area contributed by atoms with Crippen LogP contribution in [0.5, 0.6) is 0 Å². The maximum absolute atomic E-state index is 6.28. The monoisotopic (exact) mass is 309 g/mol. The highest BCUT2D eigenvalue weighted by Gasteiger charge is 2.16. The van der Waals surface area contributed by atoms with Crippen LogP contribution in [0.3, 0.4) is 0 Å². The molecule has 0 saturated heterocycles. The van der Waals surface area contributed by atoms with E-state index in [0.717, 1.165) is 36.2 Å². The molecule has 0 aromatic carbocycles. The third-order valence-corrected chi connectivity index (χ3v) is 4.63. The van der Waals surface area contributed by atoms with E-state index in [2.05, 4.69) is 24.0 Å². The summed E-state index contributed by atoms with van der Waals surface area (Å²) in [4.78, 5) is 0. The molecule has 5 nitrogen and oxygen atoms in total. The Balaban J connectivity index is 2.01. The van der Waals surface area contributed by atoms with Crippen LogP contribution in [0.2, 0.25) is 5.15 Å². The lowest BCUT2D eigenvalue weighted by Crippen LogP contribution is -2.24. The van der Waals surface area contributed by atoms with Crippen LogP contribution in [0.4, 0.5) is 0 Å². The van der Waals surface area contributed by atoms with Crippen molar-refractivity contribution in [2.45, 2.75) is 46.1 Å². The van der Waals surface area contributed by atoms with Gasteiger partial charge in [-0.1, -0.05) is 11.6 Å². The lowest BCUT2D eigenvalue weighted by Gasteiger charge is -2.12. The van der Waals surface area contributed by atoms with Crippen molar-refractivity contribution < 1.29 is 0 Å². The molecule has 0 radical (unpaired) electrons. The smallest absolute Gasteiger partial charge is 0.130 e. The molecular formula is C15H24ClN5. The standard InChI is InChI=1S/C15H24ClN5/c1-9-13(11(3)20(4)18-9)7-6-12(17)8-14-10(2)19-21(5)15(14)16/h12H,6-8,17H2,1-5H3. The molecular weight excluding hydrogens is 286 g/mol. The Labute approximate surface area is 131 Å². The van der Waals surface area contributed by atoms with Gasteiger partial charge in [-0.3, -0.25) is 9.36 Å². The maximum atomic E-state index is 6.28. The molecule has 0 aliphatic heterocycles. The average molecular weight is 310 g/mol. The zero-order chi connectivity index (χ0) is 15.7. The first-order valence-corrected chi connectivity index (χ1v) is 7.61. The van der Waals surface area contributed by atoms with Crippen LogP contribution in [0.15, 0.2) is 0 Å². The van der Waals surface area contributed by atoms with Gasteiger partial charge in [-0.15, -0.1) is 0 Å². The number of hydrogen-bond acceptors (Lipinski definition) is 3. The Bertz CT molecular complexity index is 641. The molecule has 0 spiro atoms. The zero-order valence-electron chi connectivity index (χ0n) is 13.4.